The molecule has 0 aliphatic carbocycles. The van der Waals surface area contributed by atoms with Crippen LogP contribution < -0.4 is 5.32 Å². The highest BCUT2D eigenvalue weighted by atomic mass is 35.5. The number of halogens is 2. The van der Waals surface area contributed by atoms with Crippen LogP contribution in [-0.4, -0.2) is 29.8 Å². The van der Waals surface area contributed by atoms with Crippen molar-refractivity contribution in [2.45, 2.75) is 32.9 Å². The molecule has 1 saturated heterocycles. The van der Waals surface area contributed by atoms with E-state index in [1.54, 1.807) is 0 Å². The summed E-state index contributed by atoms with van der Waals surface area (Å²) in [6.45, 7) is 6.31. The number of nitrogens with one attached hydrogen (secondary N) is 1. The fraction of sp³-hybridized carbons (Fsp3) is 0.562. The van der Waals surface area contributed by atoms with E-state index in [1.165, 1.54) is 31.5 Å². The maximum Gasteiger partial charge on any atom is 0.235 e. The van der Waals surface area contributed by atoms with Crippen LogP contribution in [0, 0.1) is 5.92 Å². The molecule has 1 aromatic rings. The largest absolute Gasteiger partial charge is 0.351 e. The van der Waals surface area contributed by atoms with Gasteiger partial charge in [0, 0.05) is 19.6 Å². The molecule has 1 heterocycles. The van der Waals surface area contributed by atoms with Gasteiger partial charge in [-0.2, -0.15) is 0 Å². The molecular formula is C16H24Cl2N2O. The van der Waals surface area contributed by atoms with Gasteiger partial charge in [-0.15, -0.1) is 24.0 Å². The van der Waals surface area contributed by atoms with Crippen LogP contribution in [-0.2, 0) is 17.9 Å². The zero-order valence-electron chi connectivity index (χ0n) is 12.5. The Labute approximate surface area is 138 Å². The van der Waals surface area contributed by atoms with E-state index in [0.29, 0.717) is 6.54 Å². The van der Waals surface area contributed by atoms with Gasteiger partial charge in [-0.1, -0.05) is 31.2 Å². The van der Waals surface area contributed by atoms with Crippen molar-refractivity contribution in [3.8, 4) is 0 Å². The fourth-order valence-corrected chi connectivity index (χ4v) is 2.79. The molecule has 1 aliphatic heterocycles. The molecule has 0 saturated carbocycles. The lowest BCUT2D eigenvalue weighted by atomic mass is 9.99. The zero-order chi connectivity index (χ0) is 14.4. The monoisotopic (exact) mass is 330 g/mol. The summed E-state index contributed by atoms with van der Waals surface area (Å²) in [6, 6.07) is 8.47. The molecule has 118 valence electrons. The van der Waals surface area contributed by atoms with Crippen molar-refractivity contribution in [2.24, 2.45) is 5.92 Å². The standard InChI is InChI=1S/C16H23ClN2O.ClH/c1-13-3-2-8-19(11-13)12-15-6-4-14(5-7-15)10-18-16(20)9-17;/h4-7,13H,2-3,8-12H2,1H3,(H,18,20);1H. The fourth-order valence-electron chi connectivity index (χ4n) is 2.70. The summed E-state index contributed by atoms with van der Waals surface area (Å²) in [5.41, 5.74) is 2.45. The van der Waals surface area contributed by atoms with Crippen molar-refractivity contribution in [1.82, 2.24) is 10.2 Å². The van der Waals surface area contributed by atoms with E-state index >= 15 is 0 Å². The summed E-state index contributed by atoms with van der Waals surface area (Å²) >= 11 is 5.45. The first-order chi connectivity index (χ1) is 9.67. The molecule has 5 heteroatoms. The quantitative estimate of drug-likeness (QED) is 0.841. The number of nitrogens with zero attached hydrogens (tertiary/aromatic N) is 1. The Morgan fingerprint density at radius 1 is 1.33 bits per heavy atom. The smallest absolute Gasteiger partial charge is 0.235 e. The highest BCUT2D eigenvalue weighted by Crippen LogP contribution is 2.18. The van der Waals surface area contributed by atoms with Crippen LogP contribution in [0.4, 0.5) is 0 Å². The van der Waals surface area contributed by atoms with Gasteiger partial charge in [0.15, 0.2) is 0 Å². The van der Waals surface area contributed by atoms with Gasteiger partial charge in [0.05, 0.1) is 0 Å². The number of likely N-dealkylation sites (tertiary alicyclic amines) is 1. The number of rotatable bonds is 5. The summed E-state index contributed by atoms with van der Waals surface area (Å²) in [5.74, 6) is 0.706. The second-order valence-electron chi connectivity index (χ2n) is 5.71. The average molecular weight is 331 g/mol. The summed E-state index contributed by atoms with van der Waals surface area (Å²) in [7, 11) is 0. The molecule has 1 aromatic carbocycles. The molecule has 0 radical (unpaired) electrons. The van der Waals surface area contributed by atoms with Crippen LogP contribution in [0.15, 0.2) is 24.3 Å². The molecule has 1 atom stereocenters. The molecule has 0 aromatic heterocycles. The number of carbonyl (C=O) groups is 1. The predicted molar refractivity (Wildman–Crippen MR) is 89.9 cm³/mol. The first kappa shape index (κ1) is 18.3. The molecule has 1 fully saturated rings. The Kier molecular flexibility index (Phi) is 8.09. The van der Waals surface area contributed by atoms with E-state index in [2.05, 4.69) is 41.4 Å². The molecule has 1 unspecified atom stereocenters. The van der Waals surface area contributed by atoms with Gasteiger partial charge in [0.25, 0.3) is 0 Å². The van der Waals surface area contributed by atoms with Gasteiger partial charge in [-0.3, -0.25) is 9.69 Å². The van der Waals surface area contributed by atoms with Gasteiger partial charge in [0.1, 0.15) is 5.88 Å². The SMILES string of the molecule is CC1CCCN(Cc2ccc(CNC(=O)CCl)cc2)C1.Cl. The zero-order valence-corrected chi connectivity index (χ0v) is 14.1. The van der Waals surface area contributed by atoms with E-state index in [-0.39, 0.29) is 24.2 Å². The maximum atomic E-state index is 11.1. The highest BCUT2D eigenvalue weighted by molar-refractivity contribution is 6.27. The normalized spacial score (nSPS) is 18.9. The van der Waals surface area contributed by atoms with E-state index < -0.39 is 0 Å². The Morgan fingerprint density at radius 2 is 2.00 bits per heavy atom. The molecule has 21 heavy (non-hydrogen) atoms. The highest BCUT2D eigenvalue weighted by Gasteiger charge is 2.15. The number of carbonyl (C=O) groups excluding carboxylic acids is 1. The van der Waals surface area contributed by atoms with Crippen LogP contribution in [0.2, 0.25) is 0 Å². The minimum atomic E-state index is -0.127. The van der Waals surface area contributed by atoms with Crippen molar-refractivity contribution in [2.75, 3.05) is 19.0 Å². The lowest BCUT2D eigenvalue weighted by molar-refractivity contribution is -0.118. The van der Waals surface area contributed by atoms with Gasteiger partial charge in [0.2, 0.25) is 5.91 Å². The lowest BCUT2D eigenvalue weighted by Crippen LogP contribution is -2.33. The number of piperidine rings is 1. The molecule has 2 rings (SSSR count). The van der Waals surface area contributed by atoms with Crippen LogP contribution in [0.25, 0.3) is 0 Å². The number of benzene rings is 1. The molecule has 1 amide bonds. The Hall–Kier alpha value is -0.770. The van der Waals surface area contributed by atoms with Gasteiger partial charge in [-0.25, -0.2) is 0 Å². The van der Waals surface area contributed by atoms with Crippen molar-refractivity contribution < 1.29 is 4.79 Å². The average Bonchev–Trinajstić information content (AvgIpc) is 2.46. The van der Waals surface area contributed by atoms with Crippen LogP contribution in [0.1, 0.15) is 30.9 Å². The molecule has 3 nitrogen and oxygen atoms in total. The lowest BCUT2D eigenvalue weighted by Gasteiger charge is -2.30. The van der Waals surface area contributed by atoms with E-state index in [0.717, 1.165) is 18.0 Å². The third kappa shape index (κ3) is 6.25. The second-order valence-corrected chi connectivity index (χ2v) is 5.98. The van der Waals surface area contributed by atoms with E-state index in [4.69, 9.17) is 11.6 Å². The summed E-state index contributed by atoms with van der Waals surface area (Å²) in [6.07, 6.45) is 2.67. The van der Waals surface area contributed by atoms with Crippen LogP contribution in [0.5, 0.6) is 0 Å². The third-order valence-corrected chi connectivity index (χ3v) is 4.02. The predicted octanol–water partition coefficient (Wildman–Crippen LogP) is 3.20. The van der Waals surface area contributed by atoms with E-state index in [9.17, 15) is 4.79 Å². The van der Waals surface area contributed by atoms with Crippen molar-refractivity contribution in [1.29, 1.82) is 0 Å². The van der Waals surface area contributed by atoms with E-state index in [1.807, 2.05) is 0 Å². The van der Waals surface area contributed by atoms with Crippen molar-refractivity contribution >= 4 is 29.9 Å². The van der Waals surface area contributed by atoms with Gasteiger partial charge >= 0.3 is 0 Å². The maximum absolute atomic E-state index is 11.1. The number of alkyl halides is 1. The van der Waals surface area contributed by atoms with Crippen molar-refractivity contribution in [3.05, 3.63) is 35.4 Å². The summed E-state index contributed by atoms with van der Waals surface area (Å²) in [4.78, 5) is 13.6. The molecule has 0 spiro atoms. The topological polar surface area (TPSA) is 32.3 Å². The number of hydrogen-bond acceptors (Lipinski definition) is 2. The summed E-state index contributed by atoms with van der Waals surface area (Å²) in [5, 5.41) is 2.77. The van der Waals surface area contributed by atoms with Crippen molar-refractivity contribution in [3.63, 3.8) is 0 Å². The second kappa shape index (κ2) is 9.29. The van der Waals surface area contributed by atoms with Gasteiger partial charge in [-0.05, 0) is 36.4 Å². The number of amides is 1. The Morgan fingerprint density at radius 3 is 2.62 bits per heavy atom. The third-order valence-electron chi connectivity index (χ3n) is 3.78. The van der Waals surface area contributed by atoms with Gasteiger partial charge < -0.3 is 5.32 Å². The van der Waals surface area contributed by atoms with Crippen LogP contribution in [0.3, 0.4) is 0 Å². The Bertz CT molecular complexity index is 436. The van der Waals surface area contributed by atoms with Crippen LogP contribution >= 0.6 is 24.0 Å². The minimum Gasteiger partial charge on any atom is -0.351 e. The minimum absolute atomic E-state index is 0. The number of hydrogen-bond donors (Lipinski definition) is 1. The molecule has 1 aliphatic rings. The summed E-state index contributed by atoms with van der Waals surface area (Å²) < 4.78 is 0. The first-order valence-corrected chi connectivity index (χ1v) is 7.83. The molecule has 1 N–H and O–H groups in total. The molecule has 0 bridgehead atoms. The Balaban J connectivity index is 0.00000220. The first-order valence-electron chi connectivity index (χ1n) is 7.30. The molecular weight excluding hydrogens is 307 g/mol.